The van der Waals surface area contributed by atoms with E-state index >= 15 is 0 Å². The van der Waals surface area contributed by atoms with E-state index in [9.17, 15) is 4.39 Å². The van der Waals surface area contributed by atoms with Crippen LogP contribution in [0.25, 0.3) is 10.6 Å². The first-order valence-electron chi connectivity index (χ1n) is 6.67. The monoisotopic (exact) mass is 309 g/mol. The predicted molar refractivity (Wildman–Crippen MR) is 79.0 cm³/mol. The highest BCUT2D eigenvalue weighted by Gasteiger charge is 2.56. The van der Waals surface area contributed by atoms with Crippen LogP contribution >= 0.6 is 22.9 Å². The Morgan fingerprint density at radius 2 is 2.00 bits per heavy atom. The molecule has 1 saturated heterocycles. The van der Waals surface area contributed by atoms with Crippen molar-refractivity contribution in [1.82, 2.24) is 10.2 Å². The van der Waals surface area contributed by atoms with Crippen LogP contribution in [0.2, 0.25) is 5.02 Å². The number of piperidine rings is 1. The Bertz CT molecular complexity index is 635. The van der Waals surface area contributed by atoms with E-state index in [4.69, 9.17) is 11.6 Å². The molecule has 20 heavy (non-hydrogen) atoms. The average molecular weight is 310 g/mol. The molecule has 2 aliphatic rings. The molecule has 0 N–H and O–H groups in total. The number of benzene rings is 1. The molecular formula is C14H13ClFN3S. The molecule has 0 bridgehead atoms. The van der Waals surface area contributed by atoms with Crippen molar-refractivity contribution in [3.05, 3.63) is 29.3 Å². The van der Waals surface area contributed by atoms with E-state index in [-0.39, 0.29) is 6.67 Å². The summed E-state index contributed by atoms with van der Waals surface area (Å²) in [5.74, 6) is 1.34. The lowest BCUT2D eigenvalue weighted by atomic mass is 10.2. The molecule has 2 aromatic rings. The SMILES string of the molecule is FCC1[C@H]2CN(c3nnc(-c4ccccc4Cl)s3)C[C@@H]12. The molecule has 3 atom stereocenters. The molecule has 6 heteroatoms. The lowest BCUT2D eigenvalue weighted by Crippen LogP contribution is -2.24. The molecule has 0 radical (unpaired) electrons. The van der Waals surface area contributed by atoms with Gasteiger partial charge in [-0.15, -0.1) is 10.2 Å². The molecule has 1 saturated carbocycles. The maximum absolute atomic E-state index is 12.6. The fourth-order valence-electron chi connectivity index (χ4n) is 3.12. The number of alkyl halides is 1. The van der Waals surface area contributed by atoms with Crippen molar-refractivity contribution in [2.75, 3.05) is 24.7 Å². The number of nitrogens with zero attached hydrogens (tertiary/aromatic N) is 3. The second kappa shape index (κ2) is 4.67. The molecular weight excluding hydrogens is 297 g/mol. The summed E-state index contributed by atoms with van der Waals surface area (Å²) in [6.07, 6.45) is 0. The summed E-state index contributed by atoms with van der Waals surface area (Å²) in [6, 6.07) is 7.65. The number of rotatable bonds is 3. The number of aromatic nitrogens is 2. The van der Waals surface area contributed by atoms with E-state index < -0.39 is 0 Å². The summed E-state index contributed by atoms with van der Waals surface area (Å²) in [6.45, 7) is 1.65. The Hall–Kier alpha value is -1.20. The van der Waals surface area contributed by atoms with Gasteiger partial charge in [-0.3, -0.25) is 4.39 Å². The standard InChI is InChI=1S/C14H13ClFN3S/c15-12-4-2-1-3-8(12)13-17-18-14(20-13)19-6-10-9(5-16)11(10)7-19/h1-4,9-11H,5-7H2/t9?,10-,11+. The summed E-state index contributed by atoms with van der Waals surface area (Å²) < 4.78 is 12.6. The minimum atomic E-state index is -0.176. The number of hydrogen-bond acceptors (Lipinski definition) is 4. The zero-order valence-electron chi connectivity index (χ0n) is 10.7. The van der Waals surface area contributed by atoms with Crippen LogP contribution in [-0.4, -0.2) is 30.0 Å². The smallest absolute Gasteiger partial charge is 0.208 e. The third-order valence-electron chi connectivity index (χ3n) is 4.34. The van der Waals surface area contributed by atoms with E-state index in [2.05, 4.69) is 15.1 Å². The molecule has 2 heterocycles. The van der Waals surface area contributed by atoms with Gasteiger partial charge in [0.15, 0.2) is 5.01 Å². The van der Waals surface area contributed by atoms with Crippen molar-refractivity contribution in [2.24, 2.45) is 17.8 Å². The maximum Gasteiger partial charge on any atom is 0.208 e. The van der Waals surface area contributed by atoms with E-state index in [1.165, 1.54) is 0 Å². The Morgan fingerprint density at radius 1 is 1.25 bits per heavy atom. The quantitative estimate of drug-likeness (QED) is 0.869. The van der Waals surface area contributed by atoms with Gasteiger partial charge in [0, 0.05) is 18.7 Å². The maximum atomic E-state index is 12.6. The van der Waals surface area contributed by atoms with Crippen molar-refractivity contribution in [3.8, 4) is 10.6 Å². The highest BCUT2D eigenvalue weighted by atomic mass is 35.5. The van der Waals surface area contributed by atoms with E-state index in [1.807, 2.05) is 24.3 Å². The third-order valence-corrected chi connectivity index (χ3v) is 5.69. The molecule has 0 amide bonds. The van der Waals surface area contributed by atoms with Gasteiger partial charge in [-0.05, 0) is 23.8 Å². The molecule has 4 rings (SSSR count). The molecule has 1 aromatic heterocycles. The van der Waals surface area contributed by atoms with Gasteiger partial charge in [0.25, 0.3) is 0 Å². The van der Waals surface area contributed by atoms with Gasteiger partial charge in [0.05, 0.1) is 11.7 Å². The van der Waals surface area contributed by atoms with E-state index in [1.54, 1.807) is 11.3 Å². The van der Waals surface area contributed by atoms with E-state index in [0.29, 0.717) is 22.8 Å². The normalized spacial score (nSPS) is 27.7. The Morgan fingerprint density at radius 3 is 2.70 bits per heavy atom. The first kappa shape index (κ1) is 12.5. The predicted octanol–water partition coefficient (Wildman–Crippen LogP) is 3.51. The first-order valence-corrected chi connectivity index (χ1v) is 7.86. The van der Waals surface area contributed by atoms with Gasteiger partial charge >= 0.3 is 0 Å². The van der Waals surface area contributed by atoms with Crippen LogP contribution < -0.4 is 4.90 Å². The highest BCUT2D eigenvalue weighted by molar-refractivity contribution is 7.18. The molecule has 104 valence electrons. The lowest BCUT2D eigenvalue weighted by Gasteiger charge is -2.16. The van der Waals surface area contributed by atoms with Crippen LogP contribution in [0.4, 0.5) is 9.52 Å². The average Bonchev–Trinajstić information content (AvgIpc) is 2.88. The molecule has 1 aromatic carbocycles. The zero-order chi connectivity index (χ0) is 13.7. The molecule has 2 fully saturated rings. The van der Waals surface area contributed by atoms with Gasteiger partial charge in [-0.2, -0.15) is 0 Å². The van der Waals surface area contributed by atoms with Gasteiger partial charge in [-0.1, -0.05) is 41.1 Å². The number of fused-ring (bicyclic) bond motifs is 1. The lowest BCUT2D eigenvalue weighted by molar-refractivity contribution is 0.421. The minimum absolute atomic E-state index is 0.176. The van der Waals surface area contributed by atoms with Crippen LogP contribution in [-0.2, 0) is 0 Å². The van der Waals surface area contributed by atoms with Crippen molar-refractivity contribution in [3.63, 3.8) is 0 Å². The highest BCUT2D eigenvalue weighted by Crippen LogP contribution is 2.53. The van der Waals surface area contributed by atoms with Crippen molar-refractivity contribution in [1.29, 1.82) is 0 Å². The van der Waals surface area contributed by atoms with Crippen LogP contribution in [0.15, 0.2) is 24.3 Å². The Kier molecular flexibility index (Phi) is 2.93. The van der Waals surface area contributed by atoms with Gasteiger partial charge < -0.3 is 4.90 Å². The van der Waals surface area contributed by atoms with Crippen molar-refractivity contribution < 1.29 is 4.39 Å². The van der Waals surface area contributed by atoms with Gasteiger partial charge in [-0.25, -0.2) is 0 Å². The number of hydrogen-bond donors (Lipinski definition) is 0. The van der Waals surface area contributed by atoms with Crippen LogP contribution in [0.1, 0.15) is 0 Å². The van der Waals surface area contributed by atoms with Gasteiger partial charge in [0.2, 0.25) is 5.13 Å². The summed E-state index contributed by atoms with van der Waals surface area (Å²) in [5.41, 5.74) is 0.920. The van der Waals surface area contributed by atoms with Crippen molar-refractivity contribution in [2.45, 2.75) is 0 Å². The number of halogens is 2. The fourth-order valence-corrected chi connectivity index (χ4v) is 4.30. The largest absolute Gasteiger partial charge is 0.346 e. The van der Waals surface area contributed by atoms with E-state index in [0.717, 1.165) is 28.8 Å². The fraction of sp³-hybridized carbons (Fsp3) is 0.429. The molecule has 3 nitrogen and oxygen atoms in total. The summed E-state index contributed by atoms with van der Waals surface area (Å²) >= 11 is 7.73. The third kappa shape index (κ3) is 1.91. The summed E-state index contributed by atoms with van der Waals surface area (Å²) in [5, 5.41) is 11.0. The van der Waals surface area contributed by atoms with Gasteiger partial charge in [0.1, 0.15) is 0 Å². The second-order valence-electron chi connectivity index (χ2n) is 5.42. The molecule has 0 spiro atoms. The Balaban J connectivity index is 1.54. The summed E-state index contributed by atoms with van der Waals surface area (Å²) in [7, 11) is 0. The molecule has 1 unspecified atom stereocenters. The topological polar surface area (TPSA) is 29.0 Å². The summed E-state index contributed by atoms with van der Waals surface area (Å²) in [4.78, 5) is 2.22. The van der Waals surface area contributed by atoms with Crippen molar-refractivity contribution >= 4 is 28.1 Å². The number of anilines is 1. The zero-order valence-corrected chi connectivity index (χ0v) is 12.2. The van der Waals surface area contributed by atoms with Crippen LogP contribution in [0.3, 0.4) is 0 Å². The molecule has 1 aliphatic carbocycles. The van der Waals surface area contributed by atoms with Crippen LogP contribution in [0, 0.1) is 17.8 Å². The van der Waals surface area contributed by atoms with Crippen LogP contribution in [0.5, 0.6) is 0 Å². The second-order valence-corrected chi connectivity index (χ2v) is 6.78. The first-order chi connectivity index (χ1) is 9.78. The Labute approximate surface area is 125 Å². The minimum Gasteiger partial charge on any atom is -0.346 e. The molecule has 1 aliphatic heterocycles.